The topological polar surface area (TPSA) is 49.8 Å². The molecule has 1 aromatic carbocycles. The first-order valence-electron chi connectivity index (χ1n) is 9.81. The van der Waals surface area contributed by atoms with E-state index in [1.54, 1.807) is 6.26 Å². The Kier molecular flexibility index (Phi) is 5.63. The average Bonchev–Trinajstić information content (AvgIpc) is 3.24. The maximum atomic E-state index is 13.2. The van der Waals surface area contributed by atoms with Crippen LogP contribution in [-0.4, -0.2) is 28.3 Å². The van der Waals surface area contributed by atoms with Gasteiger partial charge in [0.15, 0.2) is 0 Å². The zero-order chi connectivity index (χ0) is 19.3. The molecule has 2 aromatic heterocycles. The molecule has 0 spiro atoms. The molecular weight excluding hydrogens is 352 g/mol. The molecule has 5 heteroatoms. The van der Waals surface area contributed by atoms with Crippen LogP contribution in [0.5, 0.6) is 0 Å². The van der Waals surface area contributed by atoms with Gasteiger partial charge in [0.2, 0.25) is 5.91 Å². The standard InChI is InChI=1S/C23H26N2O3/c1-18-9-12-22(28-18)16-25(20-10-11-20)23(26)17-24(15-21-8-5-13-27-21)14-19-6-3-2-4-7-19/h2-9,12-13,20H,10-11,14-17H2,1H3. The Morgan fingerprint density at radius 1 is 0.964 bits per heavy atom. The third kappa shape index (κ3) is 4.93. The van der Waals surface area contributed by atoms with Crippen LogP contribution in [0.25, 0.3) is 0 Å². The maximum Gasteiger partial charge on any atom is 0.237 e. The third-order valence-electron chi connectivity index (χ3n) is 5.00. The first-order chi connectivity index (χ1) is 13.7. The molecule has 146 valence electrons. The van der Waals surface area contributed by atoms with Crippen molar-refractivity contribution in [2.45, 2.75) is 45.4 Å². The van der Waals surface area contributed by atoms with E-state index in [1.165, 1.54) is 5.56 Å². The van der Waals surface area contributed by atoms with Crippen LogP contribution in [0.1, 0.15) is 35.7 Å². The van der Waals surface area contributed by atoms with E-state index in [-0.39, 0.29) is 5.91 Å². The molecule has 1 saturated carbocycles. The van der Waals surface area contributed by atoms with Crippen LogP contribution in [0.15, 0.2) is 69.7 Å². The molecule has 1 aliphatic rings. The lowest BCUT2D eigenvalue weighted by Crippen LogP contribution is -2.40. The van der Waals surface area contributed by atoms with Crippen LogP contribution in [0.3, 0.4) is 0 Å². The number of furan rings is 2. The van der Waals surface area contributed by atoms with E-state index in [0.717, 1.165) is 30.1 Å². The highest BCUT2D eigenvalue weighted by atomic mass is 16.3. The Balaban J connectivity index is 1.46. The van der Waals surface area contributed by atoms with Crippen molar-refractivity contribution >= 4 is 5.91 Å². The van der Waals surface area contributed by atoms with Crippen molar-refractivity contribution in [3.63, 3.8) is 0 Å². The lowest BCUT2D eigenvalue weighted by molar-refractivity contribution is -0.134. The summed E-state index contributed by atoms with van der Waals surface area (Å²) >= 11 is 0. The van der Waals surface area contributed by atoms with Crippen LogP contribution < -0.4 is 0 Å². The quantitative estimate of drug-likeness (QED) is 0.555. The van der Waals surface area contributed by atoms with E-state index in [2.05, 4.69) is 17.0 Å². The molecule has 0 bridgehead atoms. The number of hydrogen-bond acceptors (Lipinski definition) is 4. The predicted octanol–water partition coefficient (Wildman–Crippen LogP) is 4.37. The van der Waals surface area contributed by atoms with Gasteiger partial charge in [-0.1, -0.05) is 30.3 Å². The van der Waals surface area contributed by atoms with E-state index >= 15 is 0 Å². The highest BCUT2D eigenvalue weighted by Gasteiger charge is 2.33. The van der Waals surface area contributed by atoms with Crippen molar-refractivity contribution in [3.8, 4) is 0 Å². The average molecular weight is 378 g/mol. The van der Waals surface area contributed by atoms with Crippen molar-refractivity contribution < 1.29 is 13.6 Å². The SMILES string of the molecule is Cc1ccc(CN(C(=O)CN(Cc2ccccc2)Cc2ccco2)C2CC2)o1. The first kappa shape index (κ1) is 18.6. The van der Waals surface area contributed by atoms with Crippen molar-refractivity contribution in [2.24, 2.45) is 0 Å². The minimum Gasteiger partial charge on any atom is -0.468 e. The minimum absolute atomic E-state index is 0.138. The molecule has 1 amide bonds. The van der Waals surface area contributed by atoms with Crippen molar-refractivity contribution in [1.29, 1.82) is 0 Å². The second-order valence-corrected chi connectivity index (χ2v) is 7.48. The molecule has 1 fully saturated rings. The summed E-state index contributed by atoms with van der Waals surface area (Å²) in [5, 5.41) is 0. The van der Waals surface area contributed by atoms with Gasteiger partial charge in [0.1, 0.15) is 17.3 Å². The summed E-state index contributed by atoms with van der Waals surface area (Å²) in [5.74, 6) is 2.72. The lowest BCUT2D eigenvalue weighted by atomic mass is 10.2. The number of benzene rings is 1. The number of hydrogen-bond donors (Lipinski definition) is 0. The Morgan fingerprint density at radius 3 is 2.43 bits per heavy atom. The molecule has 4 rings (SSSR count). The summed E-state index contributed by atoms with van der Waals surface area (Å²) in [6.07, 6.45) is 3.82. The monoisotopic (exact) mass is 378 g/mol. The molecule has 2 heterocycles. The molecule has 0 radical (unpaired) electrons. The molecule has 0 N–H and O–H groups in total. The number of carbonyl (C=O) groups is 1. The second-order valence-electron chi connectivity index (χ2n) is 7.48. The van der Waals surface area contributed by atoms with E-state index in [9.17, 15) is 4.79 Å². The fourth-order valence-electron chi connectivity index (χ4n) is 3.46. The number of rotatable bonds is 9. The maximum absolute atomic E-state index is 13.2. The summed E-state index contributed by atoms with van der Waals surface area (Å²) in [6, 6.07) is 18.3. The Morgan fingerprint density at radius 2 is 1.79 bits per heavy atom. The Labute approximate surface area is 165 Å². The highest BCUT2D eigenvalue weighted by molar-refractivity contribution is 5.79. The van der Waals surface area contributed by atoms with Crippen LogP contribution in [-0.2, 0) is 24.4 Å². The fourth-order valence-corrected chi connectivity index (χ4v) is 3.46. The van der Waals surface area contributed by atoms with Crippen LogP contribution in [0.2, 0.25) is 0 Å². The van der Waals surface area contributed by atoms with Gasteiger partial charge in [-0.25, -0.2) is 0 Å². The van der Waals surface area contributed by atoms with Crippen molar-refractivity contribution in [3.05, 3.63) is 83.7 Å². The van der Waals surface area contributed by atoms with Gasteiger partial charge in [-0.05, 0) is 49.6 Å². The number of amides is 1. The third-order valence-corrected chi connectivity index (χ3v) is 5.00. The van der Waals surface area contributed by atoms with Gasteiger partial charge in [-0.15, -0.1) is 0 Å². The van der Waals surface area contributed by atoms with Crippen LogP contribution >= 0.6 is 0 Å². The van der Waals surface area contributed by atoms with E-state index in [0.29, 0.717) is 32.2 Å². The number of carbonyl (C=O) groups excluding carboxylic acids is 1. The largest absolute Gasteiger partial charge is 0.468 e. The van der Waals surface area contributed by atoms with Gasteiger partial charge >= 0.3 is 0 Å². The molecule has 0 aliphatic heterocycles. The normalized spacial score (nSPS) is 13.8. The second kappa shape index (κ2) is 8.48. The van der Waals surface area contributed by atoms with E-state index in [1.807, 2.05) is 54.3 Å². The summed E-state index contributed by atoms with van der Waals surface area (Å²) in [5.41, 5.74) is 1.18. The van der Waals surface area contributed by atoms with Gasteiger partial charge in [-0.3, -0.25) is 9.69 Å². The predicted molar refractivity (Wildman–Crippen MR) is 106 cm³/mol. The van der Waals surface area contributed by atoms with Gasteiger partial charge in [0.25, 0.3) is 0 Å². The van der Waals surface area contributed by atoms with Crippen molar-refractivity contribution in [1.82, 2.24) is 9.80 Å². The number of aryl methyl sites for hydroxylation is 1. The van der Waals surface area contributed by atoms with E-state index in [4.69, 9.17) is 8.83 Å². The zero-order valence-electron chi connectivity index (χ0n) is 16.2. The highest BCUT2D eigenvalue weighted by Crippen LogP contribution is 2.29. The molecule has 0 unspecified atom stereocenters. The molecule has 1 aliphatic carbocycles. The van der Waals surface area contributed by atoms with E-state index < -0.39 is 0 Å². The molecule has 0 saturated heterocycles. The van der Waals surface area contributed by atoms with Crippen LogP contribution in [0, 0.1) is 6.92 Å². The molecule has 3 aromatic rings. The Bertz CT molecular complexity index is 882. The minimum atomic E-state index is 0.138. The van der Waals surface area contributed by atoms with Crippen molar-refractivity contribution in [2.75, 3.05) is 6.54 Å². The number of nitrogens with zero attached hydrogens (tertiary/aromatic N) is 2. The van der Waals surface area contributed by atoms with Gasteiger partial charge in [-0.2, -0.15) is 0 Å². The van der Waals surface area contributed by atoms with Gasteiger partial charge in [0.05, 0.1) is 25.9 Å². The Hall–Kier alpha value is -2.79. The van der Waals surface area contributed by atoms with Crippen LogP contribution in [0.4, 0.5) is 0 Å². The first-order valence-corrected chi connectivity index (χ1v) is 9.81. The summed E-state index contributed by atoms with van der Waals surface area (Å²) in [7, 11) is 0. The molecule has 0 atom stereocenters. The summed E-state index contributed by atoms with van der Waals surface area (Å²) in [6.45, 7) is 4.12. The zero-order valence-corrected chi connectivity index (χ0v) is 16.2. The van der Waals surface area contributed by atoms with Gasteiger partial charge < -0.3 is 13.7 Å². The molecular formula is C23H26N2O3. The lowest BCUT2D eigenvalue weighted by Gasteiger charge is -2.26. The molecule has 5 nitrogen and oxygen atoms in total. The van der Waals surface area contributed by atoms with Gasteiger partial charge in [0, 0.05) is 12.6 Å². The fraction of sp³-hybridized carbons (Fsp3) is 0.348. The summed E-state index contributed by atoms with van der Waals surface area (Å²) in [4.78, 5) is 17.3. The smallest absolute Gasteiger partial charge is 0.237 e. The summed E-state index contributed by atoms with van der Waals surface area (Å²) < 4.78 is 11.2. The molecule has 28 heavy (non-hydrogen) atoms.